The molecular formula is C7H12F3NO3S. The highest BCUT2D eigenvalue weighted by Crippen LogP contribution is 2.21. The molecule has 0 spiro atoms. The third-order valence-corrected chi connectivity index (χ3v) is 3.86. The summed E-state index contributed by atoms with van der Waals surface area (Å²) in [5, 5.41) is 8.75. The Morgan fingerprint density at radius 1 is 1.27 bits per heavy atom. The number of hydrogen-bond donors (Lipinski definition) is 1. The Morgan fingerprint density at radius 3 is 2.13 bits per heavy atom. The quantitative estimate of drug-likeness (QED) is 0.724. The van der Waals surface area contributed by atoms with E-state index in [4.69, 9.17) is 5.11 Å². The first-order valence-electron chi connectivity index (χ1n) is 4.38. The first-order valence-corrected chi connectivity index (χ1v) is 6.20. The topological polar surface area (TPSA) is 57.6 Å². The van der Waals surface area contributed by atoms with Crippen LogP contribution < -0.4 is 0 Å². The fourth-order valence-corrected chi connectivity index (χ4v) is 2.56. The van der Waals surface area contributed by atoms with E-state index in [1.54, 1.807) is 0 Å². The van der Waals surface area contributed by atoms with Crippen molar-refractivity contribution in [1.29, 1.82) is 0 Å². The minimum absolute atomic E-state index is 0.0511. The third kappa shape index (κ3) is 3.96. The molecule has 1 aliphatic rings. The predicted molar refractivity (Wildman–Crippen MR) is 47.2 cm³/mol. The van der Waals surface area contributed by atoms with Gasteiger partial charge >= 0.3 is 6.18 Å². The van der Waals surface area contributed by atoms with E-state index in [1.807, 2.05) is 0 Å². The molecule has 0 aliphatic carbocycles. The Balaban J connectivity index is 2.43. The monoisotopic (exact) mass is 247 g/mol. The Bertz CT molecular complexity index is 300. The van der Waals surface area contributed by atoms with Crippen molar-refractivity contribution < 1.29 is 26.7 Å². The number of aliphatic hydroxyl groups excluding tert-OH is 1. The Morgan fingerprint density at radius 2 is 1.73 bits per heavy atom. The number of nitrogens with zero attached hydrogens (tertiary/aromatic N) is 1. The second kappa shape index (κ2) is 4.26. The fourth-order valence-electron chi connectivity index (χ4n) is 1.28. The first kappa shape index (κ1) is 12.7. The SMILES string of the molecule is O=S1(=O)CCN(CC(O)C(F)(F)F)CC1. The number of aliphatic hydroxyl groups is 1. The van der Waals surface area contributed by atoms with Gasteiger partial charge in [0.2, 0.25) is 0 Å². The second-order valence-electron chi connectivity index (χ2n) is 3.51. The maximum absolute atomic E-state index is 12.0. The van der Waals surface area contributed by atoms with Gasteiger partial charge in [0, 0.05) is 19.6 Å². The van der Waals surface area contributed by atoms with E-state index in [-0.39, 0.29) is 24.6 Å². The number of sulfone groups is 1. The maximum atomic E-state index is 12.0. The van der Waals surface area contributed by atoms with Gasteiger partial charge in [0.25, 0.3) is 0 Å². The summed E-state index contributed by atoms with van der Waals surface area (Å²) in [5.41, 5.74) is 0. The van der Waals surface area contributed by atoms with E-state index < -0.39 is 28.7 Å². The molecule has 0 aromatic rings. The van der Waals surface area contributed by atoms with Gasteiger partial charge in [-0.05, 0) is 0 Å². The van der Waals surface area contributed by atoms with Crippen LogP contribution in [0.3, 0.4) is 0 Å². The molecule has 1 fully saturated rings. The smallest absolute Gasteiger partial charge is 0.382 e. The van der Waals surface area contributed by atoms with Gasteiger partial charge in [-0.15, -0.1) is 0 Å². The van der Waals surface area contributed by atoms with Gasteiger partial charge in [-0.25, -0.2) is 8.42 Å². The van der Waals surface area contributed by atoms with Crippen LogP contribution in [0.15, 0.2) is 0 Å². The summed E-state index contributed by atoms with van der Waals surface area (Å²) in [7, 11) is -3.09. The molecule has 1 aliphatic heterocycles. The molecule has 1 unspecified atom stereocenters. The standard InChI is InChI=1S/C7H12F3NO3S/c8-7(9,10)6(12)5-11-1-3-15(13,14)4-2-11/h6,12H,1-5H2. The third-order valence-electron chi connectivity index (χ3n) is 2.25. The van der Waals surface area contributed by atoms with Crippen LogP contribution in [0.5, 0.6) is 0 Å². The summed E-state index contributed by atoms with van der Waals surface area (Å²) in [5.74, 6) is -0.283. The summed E-state index contributed by atoms with van der Waals surface area (Å²) in [6.45, 7) is -0.454. The molecule has 1 rings (SSSR count). The summed E-state index contributed by atoms with van der Waals surface area (Å²) in [4.78, 5) is 1.30. The second-order valence-corrected chi connectivity index (χ2v) is 5.81. The molecule has 0 saturated carbocycles. The zero-order valence-corrected chi connectivity index (χ0v) is 8.68. The summed E-state index contributed by atoms with van der Waals surface area (Å²) in [6.07, 6.45) is -7.05. The zero-order valence-electron chi connectivity index (χ0n) is 7.87. The lowest BCUT2D eigenvalue weighted by atomic mass is 10.3. The molecule has 90 valence electrons. The maximum Gasteiger partial charge on any atom is 0.415 e. The van der Waals surface area contributed by atoms with Crippen molar-refractivity contribution in [3.63, 3.8) is 0 Å². The molecular weight excluding hydrogens is 235 g/mol. The lowest BCUT2D eigenvalue weighted by Crippen LogP contribution is -2.47. The van der Waals surface area contributed by atoms with Gasteiger partial charge in [-0.3, -0.25) is 4.90 Å². The zero-order chi connectivity index (χ0) is 11.7. The van der Waals surface area contributed by atoms with Crippen molar-refractivity contribution in [3.8, 4) is 0 Å². The van der Waals surface area contributed by atoms with Gasteiger partial charge in [-0.1, -0.05) is 0 Å². The molecule has 1 saturated heterocycles. The van der Waals surface area contributed by atoms with Crippen LogP contribution in [0.4, 0.5) is 13.2 Å². The van der Waals surface area contributed by atoms with Gasteiger partial charge in [0.15, 0.2) is 15.9 Å². The molecule has 1 N–H and O–H groups in total. The molecule has 4 nitrogen and oxygen atoms in total. The first-order chi connectivity index (χ1) is 6.71. The Hall–Kier alpha value is -0.340. The van der Waals surface area contributed by atoms with E-state index >= 15 is 0 Å². The lowest BCUT2D eigenvalue weighted by molar-refractivity contribution is -0.207. The highest BCUT2D eigenvalue weighted by Gasteiger charge is 2.39. The molecule has 8 heteroatoms. The number of alkyl halides is 3. The van der Waals surface area contributed by atoms with Crippen molar-refractivity contribution in [2.75, 3.05) is 31.1 Å². The molecule has 0 aromatic heterocycles. The normalized spacial score (nSPS) is 25.1. The molecule has 15 heavy (non-hydrogen) atoms. The molecule has 1 atom stereocenters. The molecule has 0 radical (unpaired) electrons. The largest absolute Gasteiger partial charge is 0.415 e. The van der Waals surface area contributed by atoms with Crippen molar-refractivity contribution in [2.24, 2.45) is 0 Å². The number of hydrogen-bond acceptors (Lipinski definition) is 4. The van der Waals surface area contributed by atoms with Crippen molar-refractivity contribution in [1.82, 2.24) is 4.90 Å². The molecule has 0 aromatic carbocycles. The van der Waals surface area contributed by atoms with Crippen LogP contribution in [0.25, 0.3) is 0 Å². The van der Waals surface area contributed by atoms with Crippen molar-refractivity contribution in [2.45, 2.75) is 12.3 Å². The highest BCUT2D eigenvalue weighted by molar-refractivity contribution is 7.91. The van der Waals surface area contributed by atoms with Crippen LogP contribution in [0.1, 0.15) is 0 Å². The Kier molecular flexibility index (Phi) is 3.62. The van der Waals surface area contributed by atoms with E-state index in [0.717, 1.165) is 0 Å². The minimum atomic E-state index is -4.64. The summed E-state index contributed by atoms with van der Waals surface area (Å²) >= 11 is 0. The van der Waals surface area contributed by atoms with Crippen LogP contribution in [0, 0.1) is 0 Å². The minimum Gasteiger partial charge on any atom is -0.382 e. The van der Waals surface area contributed by atoms with Crippen LogP contribution in [0.2, 0.25) is 0 Å². The highest BCUT2D eigenvalue weighted by atomic mass is 32.2. The predicted octanol–water partition coefficient (Wildman–Crippen LogP) is -0.360. The lowest BCUT2D eigenvalue weighted by Gasteiger charge is -2.28. The van der Waals surface area contributed by atoms with Gasteiger partial charge < -0.3 is 5.11 Å². The van der Waals surface area contributed by atoms with Crippen molar-refractivity contribution >= 4 is 9.84 Å². The van der Waals surface area contributed by atoms with Crippen LogP contribution >= 0.6 is 0 Å². The van der Waals surface area contributed by atoms with Gasteiger partial charge in [0.05, 0.1) is 11.5 Å². The van der Waals surface area contributed by atoms with Crippen molar-refractivity contribution in [3.05, 3.63) is 0 Å². The number of rotatable bonds is 2. The number of halogens is 3. The number of β-amino-alcohol motifs (C(OH)–C–C–N with tert-alkyl or cyclic N) is 1. The van der Waals surface area contributed by atoms with Gasteiger partial charge in [0.1, 0.15) is 0 Å². The molecule has 1 heterocycles. The van der Waals surface area contributed by atoms with E-state index in [1.165, 1.54) is 4.90 Å². The fraction of sp³-hybridized carbons (Fsp3) is 1.00. The van der Waals surface area contributed by atoms with Crippen LogP contribution in [-0.2, 0) is 9.84 Å². The Labute approximate surface area is 85.6 Å². The molecule has 0 amide bonds. The van der Waals surface area contributed by atoms with E-state index in [9.17, 15) is 21.6 Å². The molecule has 0 bridgehead atoms. The van der Waals surface area contributed by atoms with E-state index in [2.05, 4.69) is 0 Å². The average Bonchev–Trinajstić information content (AvgIpc) is 2.07. The average molecular weight is 247 g/mol. The summed E-state index contributed by atoms with van der Waals surface area (Å²) in [6, 6.07) is 0. The summed E-state index contributed by atoms with van der Waals surface area (Å²) < 4.78 is 57.8. The van der Waals surface area contributed by atoms with Crippen LogP contribution in [-0.4, -0.2) is 61.8 Å². The van der Waals surface area contributed by atoms with E-state index in [0.29, 0.717) is 0 Å². The van der Waals surface area contributed by atoms with Gasteiger partial charge in [-0.2, -0.15) is 13.2 Å².